The Kier molecular flexibility index (Phi) is 5.53. The van der Waals surface area contributed by atoms with E-state index in [1.54, 1.807) is 0 Å². The third-order valence-corrected chi connectivity index (χ3v) is 5.66. The first kappa shape index (κ1) is 18.4. The van der Waals surface area contributed by atoms with Crippen molar-refractivity contribution in [3.63, 3.8) is 0 Å². The number of aliphatic imine (C=N–C) groups is 1. The number of para-hydroxylation sites is 2. The van der Waals surface area contributed by atoms with E-state index in [0.717, 1.165) is 23.3 Å². The standard InChI is InChI=1S/C21H20N4O2S/c26-19(22-11-10-14-6-2-1-3-7-14)12-17-21(27)25-20(28-17)13-18-23-15-8-4-5-9-16(15)24-18/h1-9,17H,10-13H2,(H,22,26)(H,23,24)/t17-/m1/s1. The Hall–Kier alpha value is -2.93. The van der Waals surface area contributed by atoms with Gasteiger partial charge in [-0.1, -0.05) is 54.2 Å². The van der Waals surface area contributed by atoms with Crippen molar-refractivity contribution < 1.29 is 9.59 Å². The lowest BCUT2D eigenvalue weighted by molar-refractivity contribution is -0.124. The maximum Gasteiger partial charge on any atom is 0.260 e. The van der Waals surface area contributed by atoms with Crippen molar-refractivity contribution in [1.82, 2.24) is 15.3 Å². The molecular formula is C21H20N4O2S. The molecule has 0 spiro atoms. The largest absolute Gasteiger partial charge is 0.356 e. The quantitative estimate of drug-likeness (QED) is 0.647. The summed E-state index contributed by atoms with van der Waals surface area (Å²) in [5, 5.41) is 3.14. The molecule has 1 aliphatic rings. The first-order valence-corrected chi connectivity index (χ1v) is 10.1. The Morgan fingerprint density at radius 2 is 1.89 bits per heavy atom. The highest BCUT2D eigenvalue weighted by Gasteiger charge is 2.30. The first-order valence-electron chi connectivity index (χ1n) is 9.20. The van der Waals surface area contributed by atoms with E-state index in [9.17, 15) is 9.59 Å². The predicted octanol–water partition coefficient (Wildman–Crippen LogP) is 2.89. The monoisotopic (exact) mass is 392 g/mol. The highest BCUT2D eigenvalue weighted by atomic mass is 32.2. The van der Waals surface area contributed by atoms with Crippen LogP contribution < -0.4 is 5.32 Å². The lowest BCUT2D eigenvalue weighted by atomic mass is 10.1. The molecular weight excluding hydrogens is 372 g/mol. The normalized spacial score (nSPS) is 16.4. The number of hydrogen-bond acceptors (Lipinski definition) is 4. The molecule has 0 bridgehead atoms. The molecule has 0 aliphatic carbocycles. The summed E-state index contributed by atoms with van der Waals surface area (Å²) in [6.45, 7) is 0.557. The van der Waals surface area contributed by atoms with Crippen molar-refractivity contribution in [2.75, 3.05) is 6.54 Å². The van der Waals surface area contributed by atoms with Gasteiger partial charge in [0.05, 0.1) is 22.5 Å². The van der Waals surface area contributed by atoms with Crippen LogP contribution in [0.1, 0.15) is 17.8 Å². The van der Waals surface area contributed by atoms with Gasteiger partial charge in [-0.3, -0.25) is 9.59 Å². The van der Waals surface area contributed by atoms with Crippen LogP contribution in [-0.4, -0.2) is 38.6 Å². The number of thioether (sulfide) groups is 1. The average Bonchev–Trinajstić information content (AvgIpc) is 3.25. The second-order valence-electron chi connectivity index (χ2n) is 6.62. The number of fused-ring (bicyclic) bond motifs is 1. The molecule has 1 aliphatic heterocycles. The zero-order valence-electron chi connectivity index (χ0n) is 15.2. The van der Waals surface area contributed by atoms with E-state index in [4.69, 9.17) is 0 Å². The van der Waals surface area contributed by atoms with Crippen LogP contribution in [0.4, 0.5) is 0 Å². The Bertz CT molecular complexity index is 996. The van der Waals surface area contributed by atoms with Gasteiger partial charge in [0.2, 0.25) is 5.91 Å². The lowest BCUT2D eigenvalue weighted by Crippen LogP contribution is -2.29. The van der Waals surface area contributed by atoms with Crippen LogP contribution in [0.15, 0.2) is 59.6 Å². The second-order valence-corrected chi connectivity index (χ2v) is 7.89. The first-order chi connectivity index (χ1) is 13.7. The number of carbonyl (C=O) groups is 2. The number of H-pyrrole nitrogens is 1. The highest BCUT2D eigenvalue weighted by molar-refractivity contribution is 8.15. The molecule has 1 atom stereocenters. The van der Waals surface area contributed by atoms with E-state index in [2.05, 4.69) is 20.3 Å². The number of aromatic amines is 1. The maximum atomic E-state index is 12.2. The van der Waals surface area contributed by atoms with Gasteiger partial charge in [-0.2, -0.15) is 0 Å². The van der Waals surface area contributed by atoms with Crippen LogP contribution in [0.2, 0.25) is 0 Å². The van der Waals surface area contributed by atoms with Gasteiger partial charge in [0, 0.05) is 13.0 Å². The molecule has 142 valence electrons. The molecule has 0 saturated carbocycles. The molecule has 28 heavy (non-hydrogen) atoms. The summed E-state index contributed by atoms with van der Waals surface area (Å²) in [5.74, 6) is 0.407. The summed E-state index contributed by atoms with van der Waals surface area (Å²) in [7, 11) is 0. The van der Waals surface area contributed by atoms with Crippen LogP contribution in [0.25, 0.3) is 11.0 Å². The van der Waals surface area contributed by atoms with Crippen LogP contribution in [0, 0.1) is 0 Å². The third kappa shape index (κ3) is 4.48. The van der Waals surface area contributed by atoms with E-state index in [0.29, 0.717) is 18.0 Å². The molecule has 4 rings (SSSR count). The zero-order valence-corrected chi connectivity index (χ0v) is 16.0. The number of benzene rings is 2. The van der Waals surface area contributed by atoms with Gasteiger partial charge in [0.15, 0.2) is 0 Å². The van der Waals surface area contributed by atoms with Gasteiger partial charge in [0.25, 0.3) is 5.91 Å². The molecule has 2 aromatic carbocycles. The van der Waals surface area contributed by atoms with Crippen molar-refractivity contribution >= 4 is 39.7 Å². The maximum absolute atomic E-state index is 12.2. The van der Waals surface area contributed by atoms with Crippen LogP contribution in [-0.2, 0) is 22.4 Å². The SMILES string of the molecule is O=C(C[C@H]1SC(Cc2nc3ccccc3[nH]2)=NC1=O)NCCc1ccccc1. The van der Waals surface area contributed by atoms with Gasteiger partial charge in [-0.15, -0.1) is 0 Å². The van der Waals surface area contributed by atoms with Gasteiger partial charge in [-0.05, 0) is 24.1 Å². The topological polar surface area (TPSA) is 87.2 Å². The molecule has 0 unspecified atom stereocenters. The van der Waals surface area contributed by atoms with Crippen LogP contribution in [0.5, 0.6) is 0 Å². The van der Waals surface area contributed by atoms with E-state index in [-0.39, 0.29) is 18.2 Å². The Morgan fingerprint density at radius 1 is 1.11 bits per heavy atom. The summed E-state index contributed by atoms with van der Waals surface area (Å²) in [4.78, 5) is 36.2. The summed E-state index contributed by atoms with van der Waals surface area (Å²) in [5.41, 5.74) is 3.02. The van der Waals surface area contributed by atoms with Crippen LogP contribution >= 0.6 is 11.8 Å². The van der Waals surface area contributed by atoms with E-state index >= 15 is 0 Å². The molecule has 2 amide bonds. The number of nitrogens with zero attached hydrogens (tertiary/aromatic N) is 2. The molecule has 2 heterocycles. The average molecular weight is 392 g/mol. The van der Waals surface area contributed by atoms with Gasteiger partial charge in [-0.25, -0.2) is 9.98 Å². The summed E-state index contributed by atoms with van der Waals surface area (Å²) < 4.78 is 0. The lowest BCUT2D eigenvalue weighted by Gasteiger charge is -2.08. The van der Waals surface area contributed by atoms with Gasteiger partial charge < -0.3 is 10.3 Å². The molecule has 2 N–H and O–H groups in total. The molecule has 3 aromatic rings. The molecule has 0 fully saturated rings. The number of rotatable bonds is 7. The van der Waals surface area contributed by atoms with Crippen molar-refractivity contribution in [2.24, 2.45) is 4.99 Å². The smallest absolute Gasteiger partial charge is 0.260 e. The Balaban J connectivity index is 1.26. The molecule has 1 aromatic heterocycles. The fourth-order valence-corrected chi connectivity index (χ4v) is 4.19. The van der Waals surface area contributed by atoms with E-state index in [1.165, 1.54) is 17.3 Å². The Morgan fingerprint density at radius 3 is 2.71 bits per heavy atom. The fraction of sp³-hybridized carbons (Fsp3) is 0.238. The van der Waals surface area contributed by atoms with Crippen molar-refractivity contribution in [3.05, 3.63) is 66.0 Å². The number of hydrogen-bond donors (Lipinski definition) is 2. The number of carbonyl (C=O) groups excluding carboxylic acids is 2. The minimum absolute atomic E-state index is 0.123. The number of aromatic nitrogens is 2. The van der Waals surface area contributed by atoms with Gasteiger partial charge in [0.1, 0.15) is 11.1 Å². The zero-order chi connectivity index (χ0) is 19.3. The number of imidazole rings is 1. The number of nitrogens with one attached hydrogen (secondary N) is 2. The molecule has 0 saturated heterocycles. The van der Waals surface area contributed by atoms with Crippen LogP contribution in [0.3, 0.4) is 0 Å². The molecule has 6 nitrogen and oxygen atoms in total. The highest BCUT2D eigenvalue weighted by Crippen LogP contribution is 2.27. The minimum Gasteiger partial charge on any atom is -0.356 e. The Labute approximate surface area is 166 Å². The summed E-state index contributed by atoms with van der Waals surface area (Å²) in [6, 6.07) is 17.8. The number of amides is 2. The minimum atomic E-state index is -0.448. The molecule has 0 radical (unpaired) electrons. The van der Waals surface area contributed by atoms with Crippen molar-refractivity contribution in [3.8, 4) is 0 Å². The van der Waals surface area contributed by atoms with Gasteiger partial charge >= 0.3 is 0 Å². The fourth-order valence-electron chi connectivity index (χ4n) is 3.11. The predicted molar refractivity (Wildman–Crippen MR) is 111 cm³/mol. The van der Waals surface area contributed by atoms with E-state index in [1.807, 2.05) is 54.6 Å². The van der Waals surface area contributed by atoms with Crippen molar-refractivity contribution in [1.29, 1.82) is 0 Å². The third-order valence-electron chi connectivity index (χ3n) is 4.50. The molecule has 7 heteroatoms. The second kappa shape index (κ2) is 8.39. The summed E-state index contributed by atoms with van der Waals surface area (Å²) >= 11 is 1.36. The summed E-state index contributed by atoms with van der Waals surface area (Å²) in [6.07, 6.45) is 1.38. The van der Waals surface area contributed by atoms with E-state index < -0.39 is 5.25 Å². The van der Waals surface area contributed by atoms with Crippen molar-refractivity contribution in [2.45, 2.75) is 24.5 Å².